The number of anilines is 1. The van der Waals surface area contributed by atoms with E-state index in [1.54, 1.807) is 30.1 Å². The van der Waals surface area contributed by atoms with Gasteiger partial charge in [-0.05, 0) is 74.9 Å². The van der Waals surface area contributed by atoms with Crippen LogP contribution >= 0.6 is 0 Å². The predicted octanol–water partition coefficient (Wildman–Crippen LogP) is 4.12. The van der Waals surface area contributed by atoms with Crippen LogP contribution < -0.4 is 10.2 Å². The number of piperidine rings is 1. The third kappa shape index (κ3) is 6.57. The van der Waals surface area contributed by atoms with Crippen LogP contribution in [0, 0.1) is 12.8 Å². The number of fused-ring (bicyclic) bond motifs is 1. The van der Waals surface area contributed by atoms with Crippen molar-refractivity contribution in [2.45, 2.75) is 82.3 Å². The van der Waals surface area contributed by atoms with Crippen molar-refractivity contribution < 1.29 is 18.0 Å². The highest BCUT2D eigenvalue weighted by molar-refractivity contribution is 7.89. The number of aryl methyl sites for hydroxylation is 2. The highest BCUT2D eigenvalue weighted by atomic mass is 32.2. The second kappa shape index (κ2) is 13.3. The Hall–Kier alpha value is -4.10. The fraction of sp³-hybridized carbons (Fsp3) is 0.485. The van der Waals surface area contributed by atoms with Crippen molar-refractivity contribution in [3.63, 3.8) is 0 Å². The minimum absolute atomic E-state index is 0.0105. The lowest BCUT2D eigenvalue weighted by molar-refractivity contribution is -0.127. The average molecular weight is 647 g/mol. The van der Waals surface area contributed by atoms with Gasteiger partial charge < -0.3 is 5.32 Å². The van der Waals surface area contributed by atoms with Crippen molar-refractivity contribution in [3.8, 4) is 0 Å². The molecule has 2 aromatic heterocycles. The molecule has 1 saturated carbocycles. The number of benzene rings is 2. The lowest BCUT2D eigenvalue weighted by Gasteiger charge is -2.33. The number of nitrogens with zero attached hydrogens (tertiary/aromatic N) is 7. The van der Waals surface area contributed by atoms with Crippen molar-refractivity contribution in [1.29, 1.82) is 0 Å². The lowest BCUT2D eigenvalue weighted by atomic mass is 9.94. The number of aromatic nitrogens is 5. The molecule has 2 unspecified atom stereocenters. The summed E-state index contributed by atoms with van der Waals surface area (Å²) >= 11 is 0. The largest absolute Gasteiger partial charge is 0.351 e. The number of para-hydroxylation sites is 1. The summed E-state index contributed by atoms with van der Waals surface area (Å²) in [5.74, 6) is -0.420. The van der Waals surface area contributed by atoms with E-state index in [0.717, 1.165) is 44.9 Å². The quantitative estimate of drug-likeness (QED) is 0.289. The van der Waals surface area contributed by atoms with Gasteiger partial charge >= 0.3 is 0 Å². The molecule has 1 aliphatic carbocycles. The van der Waals surface area contributed by atoms with Gasteiger partial charge in [0.05, 0.1) is 16.1 Å². The topological polar surface area (TPSA) is 135 Å². The highest BCUT2D eigenvalue weighted by Crippen LogP contribution is 2.33. The van der Waals surface area contributed by atoms with Crippen LogP contribution in [0.5, 0.6) is 0 Å². The summed E-state index contributed by atoms with van der Waals surface area (Å²) in [6, 6.07) is 12.6. The normalized spacial score (nSPS) is 18.8. The van der Waals surface area contributed by atoms with Gasteiger partial charge in [-0.25, -0.2) is 13.1 Å². The summed E-state index contributed by atoms with van der Waals surface area (Å²) in [6.45, 7) is 4.65. The molecular weight excluding hydrogens is 604 g/mol. The number of nitrogens with one attached hydrogen (secondary N) is 1. The molecule has 1 aliphatic heterocycles. The molecule has 2 aromatic carbocycles. The van der Waals surface area contributed by atoms with Crippen molar-refractivity contribution >= 4 is 38.6 Å². The first-order valence-electron chi connectivity index (χ1n) is 16.1. The van der Waals surface area contributed by atoms with Crippen LogP contribution in [0.3, 0.4) is 0 Å². The molecule has 244 valence electrons. The van der Waals surface area contributed by atoms with E-state index in [4.69, 9.17) is 0 Å². The number of hydrogen-bond acceptors (Lipinski definition) is 7. The van der Waals surface area contributed by atoms with E-state index in [1.165, 1.54) is 26.0 Å². The van der Waals surface area contributed by atoms with Gasteiger partial charge in [0.1, 0.15) is 18.1 Å². The Kier molecular flexibility index (Phi) is 9.23. The Balaban J connectivity index is 1.40. The van der Waals surface area contributed by atoms with Crippen LogP contribution in [-0.2, 0) is 33.2 Å². The standard InChI is InChI=1S/C33H42N8O4S/c1-23-10-9-19-39(20-23)46(44,45)27-17-15-26(16-18-27)41(31(42)22-40-30-14-8-7-13-29(30)35-37-40)32(28-21-38(3)36-24(28)2)33(43)34-25-11-5-4-6-12-25/h7-8,13-18,21,23,25,32H,4-6,9-12,19-20,22H2,1-3H3,(H,34,43). The van der Waals surface area contributed by atoms with E-state index in [-0.39, 0.29) is 29.3 Å². The average Bonchev–Trinajstić information content (AvgIpc) is 3.61. The Morgan fingerprint density at radius 1 is 1.02 bits per heavy atom. The van der Waals surface area contributed by atoms with Crippen LogP contribution in [0.1, 0.15) is 69.2 Å². The molecule has 1 N–H and O–H groups in total. The Bertz CT molecular complexity index is 1810. The smallest absolute Gasteiger partial charge is 0.249 e. The summed E-state index contributed by atoms with van der Waals surface area (Å²) in [4.78, 5) is 30.4. The molecule has 2 amide bonds. The fourth-order valence-corrected chi connectivity index (χ4v) is 8.38. The van der Waals surface area contributed by atoms with Gasteiger partial charge in [-0.15, -0.1) is 5.10 Å². The summed E-state index contributed by atoms with van der Waals surface area (Å²) < 4.78 is 31.8. The van der Waals surface area contributed by atoms with Crippen molar-refractivity contribution in [2.24, 2.45) is 13.0 Å². The van der Waals surface area contributed by atoms with Crippen LogP contribution in [-0.4, -0.2) is 68.4 Å². The summed E-state index contributed by atoms with van der Waals surface area (Å²) in [6.07, 6.45) is 8.56. The van der Waals surface area contributed by atoms with Gasteiger partial charge in [0.2, 0.25) is 21.8 Å². The SMILES string of the molecule is Cc1nn(C)cc1C(C(=O)NC1CCCCC1)N(C(=O)Cn1nnc2ccccc21)c1ccc(S(=O)(=O)N2CCCC(C)C2)cc1. The minimum Gasteiger partial charge on any atom is -0.351 e. The number of rotatable bonds is 9. The number of hydrogen-bond donors (Lipinski definition) is 1. The third-order valence-corrected chi connectivity index (χ3v) is 11.0. The molecule has 0 bridgehead atoms. The zero-order valence-electron chi connectivity index (χ0n) is 26.7. The van der Waals surface area contributed by atoms with E-state index in [2.05, 4.69) is 27.7 Å². The van der Waals surface area contributed by atoms with Crippen molar-refractivity contribution in [2.75, 3.05) is 18.0 Å². The molecule has 2 aliphatic rings. The van der Waals surface area contributed by atoms with Crippen LogP contribution in [0.25, 0.3) is 11.0 Å². The zero-order chi connectivity index (χ0) is 32.4. The van der Waals surface area contributed by atoms with E-state index >= 15 is 0 Å². The predicted molar refractivity (Wildman–Crippen MR) is 174 cm³/mol. The van der Waals surface area contributed by atoms with Gasteiger partial charge in [0.25, 0.3) is 0 Å². The van der Waals surface area contributed by atoms with E-state index < -0.39 is 22.0 Å². The molecule has 46 heavy (non-hydrogen) atoms. The van der Waals surface area contributed by atoms with E-state index in [0.29, 0.717) is 41.1 Å². The maximum Gasteiger partial charge on any atom is 0.249 e. The number of carbonyl (C=O) groups is 2. The van der Waals surface area contributed by atoms with E-state index in [9.17, 15) is 18.0 Å². The summed E-state index contributed by atoms with van der Waals surface area (Å²) in [5, 5.41) is 16.2. The first-order valence-corrected chi connectivity index (χ1v) is 17.6. The number of amides is 2. The molecule has 13 heteroatoms. The molecule has 2 fully saturated rings. The highest BCUT2D eigenvalue weighted by Gasteiger charge is 2.37. The molecule has 0 radical (unpaired) electrons. The van der Waals surface area contributed by atoms with Crippen molar-refractivity contribution in [3.05, 3.63) is 66.0 Å². The molecule has 4 aromatic rings. The zero-order valence-corrected chi connectivity index (χ0v) is 27.5. The Morgan fingerprint density at radius 2 is 1.76 bits per heavy atom. The van der Waals surface area contributed by atoms with Gasteiger partial charge in [0.15, 0.2) is 0 Å². The number of carbonyl (C=O) groups excluding carboxylic acids is 2. The first-order chi connectivity index (χ1) is 22.1. The second-order valence-corrected chi connectivity index (χ2v) is 14.6. The first kappa shape index (κ1) is 31.9. The molecule has 6 rings (SSSR count). The monoisotopic (exact) mass is 646 g/mol. The van der Waals surface area contributed by atoms with Gasteiger partial charge in [-0.1, -0.05) is 43.5 Å². The van der Waals surface area contributed by atoms with Gasteiger partial charge in [0, 0.05) is 43.6 Å². The van der Waals surface area contributed by atoms with Crippen LogP contribution in [0.4, 0.5) is 5.69 Å². The molecular formula is C33H42N8O4S. The van der Waals surface area contributed by atoms with E-state index in [1.807, 2.05) is 31.2 Å². The lowest BCUT2D eigenvalue weighted by Crippen LogP contribution is -2.48. The minimum atomic E-state index is -3.72. The van der Waals surface area contributed by atoms with Gasteiger partial charge in [-0.2, -0.15) is 9.40 Å². The molecule has 12 nitrogen and oxygen atoms in total. The molecule has 3 heterocycles. The second-order valence-electron chi connectivity index (χ2n) is 12.7. The fourth-order valence-electron chi connectivity index (χ4n) is 6.78. The summed E-state index contributed by atoms with van der Waals surface area (Å²) in [5.41, 5.74) is 2.94. The van der Waals surface area contributed by atoms with Crippen LogP contribution in [0.2, 0.25) is 0 Å². The molecule has 0 spiro atoms. The van der Waals surface area contributed by atoms with Crippen LogP contribution in [0.15, 0.2) is 59.6 Å². The van der Waals surface area contributed by atoms with Gasteiger partial charge in [-0.3, -0.25) is 19.2 Å². The Morgan fingerprint density at radius 3 is 2.46 bits per heavy atom. The third-order valence-electron chi connectivity index (χ3n) is 9.15. The maximum absolute atomic E-state index is 14.5. The Labute approximate surface area is 269 Å². The summed E-state index contributed by atoms with van der Waals surface area (Å²) in [7, 11) is -1.94. The number of sulfonamides is 1. The molecule has 2 atom stereocenters. The molecule has 1 saturated heterocycles. The maximum atomic E-state index is 14.5. The van der Waals surface area contributed by atoms with Crippen molar-refractivity contribution in [1.82, 2.24) is 34.4 Å².